The number of rotatable bonds is 11. The van der Waals surface area contributed by atoms with Gasteiger partial charge in [-0.2, -0.15) is 5.26 Å². The number of anilines is 2. The van der Waals surface area contributed by atoms with Gasteiger partial charge in [0.05, 0.1) is 58.5 Å². The Bertz CT molecular complexity index is 1210. The quantitative estimate of drug-likeness (QED) is 0.254. The number of nitrogens with zero attached hydrogens (tertiary/aromatic N) is 6. The predicted octanol–water partition coefficient (Wildman–Crippen LogP) is 4.25. The van der Waals surface area contributed by atoms with Crippen LogP contribution < -0.4 is 15.0 Å². The number of hydrogen-bond acceptors (Lipinski definition) is 11. The first-order valence-corrected chi connectivity index (χ1v) is 10.3. The van der Waals surface area contributed by atoms with Gasteiger partial charge in [0.15, 0.2) is 5.69 Å². The highest BCUT2D eigenvalue weighted by Gasteiger charge is 2.24. The second kappa shape index (κ2) is 12.2. The van der Waals surface area contributed by atoms with Crippen molar-refractivity contribution in [1.29, 1.82) is 5.26 Å². The Morgan fingerprint density at radius 3 is 2.49 bits per heavy atom. The van der Waals surface area contributed by atoms with Crippen LogP contribution in [-0.2, 0) is 4.79 Å². The molecule has 2 N–H and O–H groups in total. The Hall–Kier alpha value is -4.35. The monoisotopic (exact) mass is 505 g/mol. The second-order valence-corrected chi connectivity index (χ2v) is 7.26. The van der Waals surface area contributed by atoms with E-state index in [1.165, 1.54) is 26.2 Å². The molecule has 184 valence electrons. The molecule has 0 aliphatic rings. The predicted molar refractivity (Wildman–Crippen MR) is 126 cm³/mol. The first-order valence-electron chi connectivity index (χ1n) is 9.89. The summed E-state index contributed by atoms with van der Waals surface area (Å²) < 4.78 is 5.40. The van der Waals surface area contributed by atoms with Crippen LogP contribution in [0.1, 0.15) is 13.3 Å². The van der Waals surface area contributed by atoms with E-state index in [1.807, 2.05) is 6.07 Å². The van der Waals surface area contributed by atoms with Crippen molar-refractivity contribution in [2.45, 2.75) is 13.3 Å². The number of nitriles is 1. The molecule has 0 aliphatic heterocycles. The molecule has 2 aromatic rings. The SMILES string of the molecule is COc1cc(/N=N/c2c(Cl)cc([N+](=O)[O-])cc2[N+](=O)[O-])c(NC(C)=O)cc1N(CCO)CCC#N. The van der Waals surface area contributed by atoms with E-state index in [9.17, 15) is 30.1 Å². The largest absolute Gasteiger partial charge is 0.494 e. The van der Waals surface area contributed by atoms with E-state index in [1.54, 1.807) is 4.90 Å². The highest BCUT2D eigenvalue weighted by Crippen LogP contribution is 2.42. The van der Waals surface area contributed by atoms with Gasteiger partial charge in [0, 0.05) is 32.1 Å². The van der Waals surface area contributed by atoms with Gasteiger partial charge in [0.25, 0.3) is 5.69 Å². The van der Waals surface area contributed by atoms with Crippen LogP contribution in [0.4, 0.5) is 34.1 Å². The first-order chi connectivity index (χ1) is 16.6. The fourth-order valence-electron chi connectivity index (χ4n) is 3.02. The number of amides is 1. The fraction of sp³-hybridized carbons (Fsp3) is 0.300. The fourth-order valence-corrected chi connectivity index (χ4v) is 3.26. The number of hydrogen-bond donors (Lipinski definition) is 2. The van der Waals surface area contributed by atoms with Crippen molar-refractivity contribution in [3.8, 4) is 11.8 Å². The van der Waals surface area contributed by atoms with Crippen LogP contribution in [0.5, 0.6) is 5.75 Å². The van der Waals surface area contributed by atoms with E-state index in [-0.39, 0.29) is 48.3 Å². The summed E-state index contributed by atoms with van der Waals surface area (Å²) in [6, 6.07) is 6.52. The van der Waals surface area contributed by atoms with E-state index < -0.39 is 32.8 Å². The van der Waals surface area contributed by atoms with Gasteiger partial charge < -0.3 is 20.1 Å². The number of aliphatic hydroxyl groups is 1. The van der Waals surface area contributed by atoms with Crippen LogP contribution >= 0.6 is 11.6 Å². The van der Waals surface area contributed by atoms with Crippen molar-refractivity contribution in [1.82, 2.24) is 0 Å². The Kier molecular flexibility index (Phi) is 9.38. The minimum atomic E-state index is -0.881. The molecule has 0 atom stereocenters. The lowest BCUT2D eigenvalue weighted by Crippen LogP contribution is -2.28. The van der Waals surface area contributed by atoms with Crippen molar-refractivity contribution in [2.24, 2.45) is 10.2 Å². The van der Waals surface area contributed by atoms with Gasteiger partial charge in [-0.15, -0.1) is 10.2 Å². The molecular formula is C20H20ClN7O7. The zero-order valence-corrected chi connectivity index (χ0v) is 19.4. The molecule has 35 heavy (non-hydrogen) atoms. The molecule has 0 fully saturated rings. The van der Waals surface area contributed by atoms with E-state index in [4.69, 9.17) is 21.6 Å². The summed E-state index contributed by atoms with van der Waals surface area (Å²) in [5, 5.41) is 50.8. The summed E-state index contributed by atoms with van der Waals surface area (Å²) >= 11 is 6.01. The van der Waals surface area contributed by atoms with Crippen LogP contribution in [0.3, 0.4) is 0 Å². The maximum absolute atomic E-state index is 11.8. The molecular weight excluding hydrogens is 486 g/mol. The van der Waals surface area contributed by atoms with Crippen molar-refractivity contribution >= 4 is 51.6 Å². The summed E-state index contributed by atoms with van der Waals surface area (Å²) in [7, 11) is 1.37. The molecule has 0 bridgehead atoms. The number of benzene rings is 2. The molecule has 0 aromatic heterocycles. The van der Waals surface area contributed by atoms with Gasteiger partial charge in [-0.05, 0) is 6.07 Å². The third-order valence-corrected chi connectivity index (χ3v) is 4.79. The number of carbonyl (C=O) groups is 1. The number of halogens is 1. The lowest BCUT2D eigenvalue weighted by molar-refractivity contribution is -0.393. The molecule has 1 amide bonds. The van der Waals surface area contributed by atoms with E-state index in [2.05, 4.69) is 15.5 Å². The maximum atomic E-state index is 11.8. The van der Waals surface area contributed by atoms with Crippen LogP contribution in [0, 0.1) is 31.6 Å². The molecule has 0 radical (unpaired) electrons. The number of carbonyl (C=O) groups excluding carboxylic acids is 1. The summed E-state index contributed by atoms with van der Waals surface area (Å²) in [5.74, 6) is -0.202. The number of non-ortho nitro benzene ring substituents is 1. The number of aliphatic hydroxyl groups excluding tert-OH is 1. The molecule has 0 spiro atoms. The smallest absolute Gasteiger partial charge is 0.305 e. The lowest BCUT2D eigenvalue weighted by Gasteiger charge is -2.26. The Labute approximate surface area is 203 Å². The zero-order chi connectivity index (χ0) is 26.1. The molecule has 0 saturated heterocycles. The minimum Gasteiger partial charge on any atom is -0.494 e. The van der Waals surface area contributed by atoms with Gasteiger partial charge in [0.2, 0.25) is 5.91 Å². The molecule has 0 heterocycles. The third kappa shape index (κ3) is 6.82. The number of ether oxygens (including phenoxy) is 1. The van der Waals surface area contributed by atoms with Gasteiger partial charge in [0.1, 0.15) is 11.4 Å². The average Bonchev–Trinajstić information content (AvgIpc) is 2.80. The molecule has 0 saturated carbocycles. The summed E-state index contributed by atoms with van der Waals surface area (Å²) in [5.41, 5.74) is -1.12. The number of methoxy groups -OCH3 is 1. The van der Waals surface area contributed by atoms with Crippen LogP contribution in [-0.4, -0.2) is 47.7 Å². The van der Waals surface area contributed by atoms with E-state index >= 15 is 0 Å². The standard InChI is InChI=1S/C20H20ClN7O7/c1-12(30)23-15-10-17(26(6-7-29)5-3-4-22)19(35-2)11-16(15)24-25-20-14(21)8-13(27(31)32)9-18(20)28(33)34/h8-11,29H,3,5-7H2,1-2H3,(H,23,30)/b25-24+. The van der Waals surface area contributed by atoms with Crippen LogP contribution in [0.2, 0.25) is 5.02 Å². The molecule has 0 unspecified atom stereocenters. The van der Waals surface area contributed by atoms with E-state index in [0.29, 0.717) is 11.8 Å². The molecule has 2 aromatic carbocycles. The van der Waals surface area contributed by atoms with Gasteiger partial charge in [-0.3, -0.25) is 25.0 Å². The lowest BCUT2D eigenvalue weighted by atomic mass is 10.2. The van der Waals surface area contributed by atoms with Gasteiger partial charge >= 0.3 is 5.69 Å². The average molecular weight is 506 g/mol. The number of nitrogens with one attached hydrogen (secondary N) is 1. The van der Waals surface area contributed by atoms with Crippen molar-refractivity contribution in [3.05, 3.63) is 49.5 Å². The normalized spacial score (nSPS) is 10.6. The Balaban J connectivity index is 2.66. The number of azo groups is 1. The summed E-state index contributed by atoms with van der Waals surface area (Å²) in [4.78, 5) is 34.2. The maximum Gasteiger partial charge on any atom is 0.305 e. The topological polar surface area (TPSA) is 197 Å². The van der Waals surface area contributed by atoms with Crippen molar-refractivity contribution in [3.63, 3.8) is 0 Å². The Morgan fingerprint density at radius 1 is 1.23 bits per heavy atom. The molecule has 14 nitrogen and oxygen atoms in total. The summed E-state index contributed by atoms with van der Waals surface area (Å²) in [6.45, 7) is 1.47. The second-order valence-electron chi connectivity index (χ2n) is 6.85. The van der Waals surface area contributed by atoms with Crippen molar-refractivity contribution < 1.29 is 24.5 Å². The molecule has 2 rings (SSSR count). The number of nitro benzene ring substituents is 2. The zero-order valence-electron chi connectivity index (χ0n) is 18.6. The third-order valence-electron chi connectivity index (χ3n) is 4.51. The van der Waals surface area contributed by atoms with E-state index in [0.717, 1.165) is 6.07 Å². The highest BCUT2D eigenvalue weighted by atomic mass is 35.5. The van der Waals surface area contributed by atoms with Crippen LogP contribution in [0.25, 0.3) is 0 Å². The van der Waals surface area contributed by atoms with Gasteiger partial charge in [-0.1, -0.05) is 11.6 Å². The van der Waals surface area contributed by atoms with Crippen molar-refractivity contribution in [2.75, 3.05) is 37.0 Å². The Morgan fingerprint density at radius 2 is 1.94 bits per heavy atom. The van der Waals surface area contributed by atoms with Gasteiger partial charge in [-0.25, -0.2) is 0 Å². The van der Waals surface area contributed by atoms with Crippen LogP contribution in [0.15, 0.2) is 34.5 Å². The highest BCUT2D eigenvalue weighted by molar-refractivity contribution is 6.33. The molecule has 15 heteroatoms. The number of nitro groups is 2. The molecule has 0 aliphatic carbocycles. The first kappa shape index (κ1) is 26.9. The minimum absolute atomic E-state index is 0.0359. The summed E-state index contributed by atoms with van der Waals surface area (Å²) in [6.07, 6.45) is 0.155.